The molecule has 4 aromatic rings. The number of hydrogen-bond donors (Lipinski definition) is 0. The van der Waals surface area contributed by atoms with Crippen LogP contribution in [0.4, 0.5) is 5.69 Å². The van der Waals surface area contributed by atoms with E-state index in [9.17, 15) is 9.90 Å². The molecule has 1 atom stereocenters. The maximum absolute atomic E-state index is 13.6. The Morgan fingerprint density at radius 1 is 1.05 bits per heavy atom. The third-order valence-corrected chi connectivity index (χ3v) is 7.65. The van der Waals surface area contributed by atoms with Gasteiger partial charge in [0, 0.05) is 17.8 Å². The summed E-state index contributed by atoms with van der Waals surface area (Å²) >= 11 is 1.47. The van der Waals surface area contributed by atoms with Crippen LogP contribution in [0.15, 0.2) is 65.8 Å². The van der Waals surface area contributed by atoms with Crippen molar-refractivity contribution in [3.63, 3.8) is 0 Å². The molecule has 196 valence electrons. The summed E-state index contributed by atoms with van der Waals surface area (Å²) in [6.45, 7) is 6.35. The number of hydrogen-bond acceptors (Lipinski definition) is 6. The van der Waals surface area contributed by atoms with E-state index in [0.29, 0.717) is 34.5 Å². The number of unbranched alkanes of at least 4 members (excludes halogenated alkanes) is 2. The van der Waals surface area contributed by atoms with Crippen LogP contribution in [0, 0.1) is 0 Å². The van der Waals surface area contributed by atoms with Crippen LogP contribution in [0.1, 0.15) is 58.2 Å². The molecule has 8 heteroatoms. The molecule has 0 aliphatic carbocycles. The smallest absolute Gasteiger partial charge is 0.297 e. The molecule has 0 spiro atoms. The van der Waals surface area contributed by atoms with Gasteiger partial charge in [0.1, 0.15) is 5.75 Å². The van der Waals surface area contributed by atoms with Crippen LogP contribution in [-0.4, -0.2) is 28.3 Å². The van der Waals surface area contributed by atoms with Crippen LogP contribution in [0.3, 0.4) is 0 Å². The van der Waals surface area contributed by atoms with Gasteiger partial charge >= 0.3 is 0 Å². The lowest BCUT2D eigenvalue weighted by atomic mass is 9.96. The van der Waals surface area contributed by atoms with Gasteiger partial charge in [0.25, 0.3) is 17.0 Å². The number of carbonyl (C=O) groups excluding carboxylic acids is 1. The summed E-state index contributed by atoms with van der Waals surface area (Å²) in [6, 6.07) is 19.5. The number of nitrogens with zero attached hydrogens (tertiary/aromatic N) is 4. The Balaban J connectivity index is 1.81. The lowest BCUT2D eigenvalue weighted by Gasteiger charge is -2.34. The summed E-state index contributed by atoms with van der Waals surface area (Å²) in [6.07, 6.45) is 3.22. The van der Waals surface area contributed by atoms with Crippen LogP contribution < -0.4 is 19.4 Å². The van der Waals surface area contributed by atoms with Crippen LogP contribution in [-0.2, 0) is 4.79 Å². The van der Waals surface area contributed by atoms with Crippen molar-refractivity contribution in [3.8, 4) is 22.9 Å². The normalized spacial score (nSPS) is 14.3. The minimum atomic E-state index is -0.721. The summed E-state index contributed by atoms with van der Waals surface area (Å²) in [7, 11) is 0. The third-order valence-electron chi connectivity index (χ3n) is 6.73. The Bertz CT molecular complexity index is 1480. The average molecular weight is 529 g/mol. The summed E-state index contributed by atoms with van der Waals surface area (Å²) in [5.41, 5.74) is 2.47. The highest BCUT2D eigenvalue weighted by molar-refractivity contribution is 7.99. The van der Waals surface area contributed by atoms with E-state index >= 15 is 0 Å². The van der Waals surface area contributed by atoms with Crippen molar-refractivity contribution in [1.29, 1.82) is 0 Å². The van der Waals surface area contributed by atoms with Gasteiger partial charge in [-0.1, -0.05) is 85.6 Å². The van der Waals surface area contributed by atoms with Gasteiger partial charge in [-0.05, 0) is 41.8 Å². The SMILES string of the molecule is CCCCOc1ccc2ccccc2c1C1N(C(C)=O)c2ccccc2-c2c([O-])nc(SCCCC)n[n+]21. The van der Waals surface area contributed by atoms with Crippen molar-refractivity contribution in [2.45, 2.75) is 57.8 Å². The zero-order valence-electron chi connectivity index (χ0n) is 22.0. The highest BCUT2D eigenvalue weighted by Crippen LogP contribution is 2.44. The largest absolute Gasteiger partial charge is 0.854 e. The average Bonchev–Trinajstić information content (AvgIpc) is 2.92. The molecule has 3 aromatic carbocycles. The predicted octanol–water partition coefficient (Wildman–Crippen LogP) is 5.64. The summed E-state index contributed by atoms with van der Waals surface area (Å²) in [4.78, 5) is 19.5. The molecule has 1 aliphatic heterocycles. The van der Waals surface area contributed by atoms with E-state index in [0.717, 1.165) is 47.8 Å². The maximum atomic E-state index is 13.6. The summed E-state index contributed by atoms with van der Waals surface area (Å²) in [5, 5.41) is 20.8. The second-order valence-corrected chi connectivity index (χ2v) is 10.4. The molecule has 0 radical (unpaired) electrons. The molecule has 38 heavy (non-hydrogen) atoms. The van der Waals surface area contributed by atoms with E-state index in [4.69, 9.17) is 9.84 Å². The lowest BCUT2D eigenvalue weighted by molar-refractivity contribution is -0.764. The molecule has 0 bridgehead atoms. The van der Waals surface area contributed by atoms with E-state index < -0.39 is 6.17 Å². The van der Waals surface area contributed by atoms with Gasteiger partial charge in [0.05, 0.1) is 29.3 Å². The zero-order valence-corrected chi connectivity index (χ0v) is 22.8. The van der Waals surface area contributed by atoms with Gasteiger partial charge in [-0.25, -0.2) is 9.88 Å². The van der Waals surface area contributed by atoms with Crippen LogP contribution >= 0.6 is 11.8 Å². The molecular weight excluding hydrogens is 496 g/mol. The van der Waals surface area contributed by atoms with E-state index in [-0.39, 0.29) is 11.8 Å². The number of para-hydroxylation sites is 1. The first-order valence-corrected chi connectivity index (χ1v) is 14.2. The fourth-order valence-corrected chi connectivity index (χ4v) is 5.81. The van der Waals surface area contributed by atoms with Gasteiger partial charge in [-0.3, -0.25) is 4.79 Å². The Hall–Kier alpha value is -3.65. The number of aromatic nitrogens is 3. The van der Waals surface area contributed by atoms with Crippen molar-refractivity contribution in [3.05, 3.63) is 66.2 Å². The predicted molar refractivity (Wildman–Crippen MR) is 148 cm³/mol. The zero-order chi connectivity index (χ0) is 26.6. The standard InChI is InChI=1S/C30H32N4O3S/c1-4-6-18-37-25-17-16-21-12-8-9-13-22(21)26(25)29-33(20(3)35)24-15-11-10-14-23(24)27-28(36)31-30(32-34(27)29)38-19-7-5-2/h8-17,29H,4-7,18-19H2,1-3H3. The molecule has 1 amide bonds. The number of rotatable bonds is 9. The monoisotopic (exact) mass is 528 g/mol. The molecule has 1 aromatic heterocycles. The number of ether oxygens (including phenoxy) is 1. The van der Waals surface area contributed by atoms with Crippen molar-refractivity contribution >= 4 is 34.1 Å². The maximum Gasteiger partial charge on any atom is 0.297 e. The first kappa shape index (κ1) is 26.0. The van der Waals surface area contributed by atoms with Crippen LogP contribution in [0.25, 0.3) is 22.0 Å². The van der Waals surface area contributed by atoms with Gasteiger partial charge in [-0.15, -0.1) is 0 Å². The molecular formula is C30H32N4O3S. The number of anilines is 1. The minimum absolute atomic E-state index is 0.153. The second-order valence-electron chi connectivity index (χ2n) is 9.38. The first-order chi connectivity index (χ1) is 18.5. The van der Waals surface area contributed by atoms with Gasteiger partial charge in [0.2, 0.25) is 5.91 Å². The molecule has 5 rings (SSSR count). The highest BCUT2D eigenvalue weighted by Gasteiger charge is 2.46. The summed E-state index contributed by atoms with van der Waals surface area (Å²) in [5.74, 6) is 0.984. The molecule has 1 aliphatic rings. The first-order valence-electron chi connectivity index (χ1n) is 13.2. The molecule has 0 saturated carbocycles. The Kier molecular flexibility index (Phi) is 7.79. The molecule has 0 fully saturated rings. The Labute approximate surface area is 227 Å². The Morgan fingerprint density at radius 3 is 2.61 bits per heavy atom. The van der Waals surface area contributed by atoms with E-state index in [1.165, 1.54) is 11.8 Å². The fraction of sp³-hybridized carbons (Fsp3) is 0.333. The number of benzene rings is 3. The number of thioether (sulfide) groups is 1. The van der Waals surface area contributed by atoms with E-state index in [1.54, 1.807) is 16.5 Å². The van der Waals surface area contributed by atoms with Gasteiger partial charge < -0.3 is 9.84 Å². The molecule has 0 N–H and O–H groups in total. The lowest BCUT2D eigenvalue weighted by Crippen LogP contribution is -2.59. The van der Waals surface area contributed by atoms with Crippen molar-refractivity contribution < 1.29 is 19.3 Å². The Morgan fingerprint density at radius 2 is 1.82 bits per heavy atom. The van der Waals surface area contributed by atoms with Crippen LogP contribution in [0.2, 0.25) is 0 Å². The third kappa shape index (κ3) is 4.80. The highest BCUT2D eigenvalue weighted by atomic mass is 32.2. The fourth-order valence-electron chi connectivity index (χ4n) is 4.90. The number of carbonyl (C=O) groups is 1. The van der Waals surface area contributed by atoms with E-state index in [1.807, 2.05) is 60.7 Å². The van der Waals surface area contributed by atoms with Crippen molar-refractivity contribution in [2.24, 2.45) is 0 Å². The molecule has 0 saturated heterocycles. The minimum Gasteiger partial charge on any atom is -0.854 e. The van der Waals surface area contributed by atoms with Crippen molar-refractivity contribution in [2.75, 3.05) is 17.3 Å². The van der Waals surface area contributed by atoms with Gasteiger partial charge in [-0.2, -0.15) is 0 Å². The summed E-state index contributed by atoms with van der Waals surface area (Å²) < 4.78 is 8.03. The molecule has 1 unspecified atom stereocenters. The topological polar surface area (TPSA) is 82.3 Å². The van der Waals surface area contributed by atoms with E-state index in [2.05, 4.69) is 18.8 Å². The molecule has 7 nitrogen and oxygen atoms in total. The number of fused-ring (bicyclic) bond motifs is 4. The second kappa shape index (κ2) is 11.4. The van der Waals surface area contributed by atoms with Gasteiger partial charge in [0.15, 0.2) is 0 Å². The van der Waals surface area contributed by atoms with Crippen LogP contribution in [0.5, 0.6) is 11.6 Å². The quantitative estimate of drug-likeness (QED) is 0.159. The molecule has 2 heterocycles. The number of amides is 1. The van der Waals surface area contributed by atoms with Crippen molar-refractivity contribution in [1.82, 2.24) is 10.1 Å².